The first-order chi connectivity index (χ1) is 7.59. The fourth-order valence-electron chi connectivity index (χ4n) is 1.20. The Morgan fingerprint density at radius 1 is 1.56 bits per heavy atom. The number of nitrogens with two attached hydrogens (primary N) is 1. The summed E-state index contributed by atoms with van der Waals surface area (Å²) in [5.41, 5.74) is 0. The van der Waals surface area contributed by atoms with Crippen LogP contribution in [0.25, 0.3) is 0 Å². The van der Waals surface area contributed by atoms with Gasteiger partial charge in [0.2, 0.25) is 0 Å². The highest BCUT2D eigenvalue weighted by atomic mass is 79.9. The van der Waals surface area contributed by atoms with Gasteiger partial charge in [-0.15, -0.1) is 0 Å². The smallest absolute Gasteiger partial charge is 0.138 e. The maximum absolute atomic E-state index is 9.04. The molecule has 0 heterocycles. The van der Waals surface area contributed by atoms with Crippen LogP contribution in [0, 0.1) is 0 Å². The summed E-state index contributed by atoms with van der Waals surface area (Å²) in [6.07, 6.45) is -0.281. The Morgan fingerprint density at radius 3 is 2.94 bits per heavy atom. The maximum Gasteiger partial charge on any atom is 0.138 e. The molecule has 0 radical (unpaired) electrons. The zero-order chi connectivity index (χ0) is 12.0. The summed E-state index contributed by atoms with van der Waals surface area (Å²) in [4.78, 5) is 0. The molecule has 1 rings (SSSR count). The fraction of sp³-hybridized carbons (Fsp3) is 0.455. The maximum atomic E-state index is 9.04. The number of aliphatic hydroxyl groups excluding tert-OH is 1. The van der Waals surface area contributed by atoms with Crippen molar-refractivity contribution >= 4 is 27.5 Å². The van der Waals surface area contributed by atoms with Crippen molar-refractivity contribution < 1.29 is 15.2 Å². The average Bonchev–Trinajstić information content (AvgIpc) is 2.20. The van der Waals surface area contributed by atoms with Crippen LogP contribution in [-0.4, -0.2) is 30.9 Å². The van der Waals surface area contributed by atoms with Crippen LogP contribution >= 0.6 is 27.5 Å². The van der Waals surface area contributed by atoms with Gasteiger partial charge in [0, 0.05) is 4.47 Å². The van der Waals surface area contributed by atoms with E-state index in [1.807, 2.05) is 17.4 Å². The van der Waals surface area contributed by atoms with Crippen LogP contribution in [0.15, 0.2) is 22.7 Å². The van der Waals surface area contributed by atoms with Gasteiger partial charge < -0.3 is 15.2 Å². The molecule has 0 spiro atoms. The molecule has 0 unspecified atom stereocenters. The highest BCUT2D eigenvalue weighted by molar-refractivity contribution is 9.10. The van der Waals surface area contributed by atoms with E-state index >= 15 is 0 Å². The summed E-state index contributed by atoms with van der Waals surface area (Å²) in [5, 5.41) is 11.7. The van der Waals surface area contributed by atoms with Crippen LogP contribution in [0.2, 0.25) is 5.02 Å². The molecule has 0 aliphatic heterocycles. The number of ether oxygens (including phenoxy) is 1. The van der Waals surface area contributed by atoms with Crippen LogP contribution in [0.5, 0.6) is 5.75 Å². The van der Waals surface area contributed by atoms with E-state index < -0.39 is 0 Å². The molecular weight excluding hydrogens is 293 g/mol. The molecule has 0 saturated heterocycles. The minimum atomic E-state index is -0.281. The molecule has 1 aromatic carbocycles. The summed E-state index contributed by atoms with van der Waals surface area (Å²) in [6.45, 7) is 3.84. The SMILES string of the molecule is C[C@H](O)C[NH2+]CCOc1ccc(Br)cc1Cl. The van der Waals surface area contributed by atoms with Crippen LogP contribution in [-0.2, 0) is 0 Å². The Balaban J connectivity index is 2.27. The van der Waals surface area contributed by atoms with Gasteiger partial charge in [0.25, 0.3) is 0 Å². The minimum Gasteiger partial charge on any atom is -0.486 e. The molecule has 0 amide bonds. The highest BCUT2D eigenvalue weighted by Crippen LogP contribution is 2.27. The lowest BCUT2D eigenvalue weighted by molar-refractivity contribution is -0.661. The number of rotatable bonds is 6. The largest absolute Gasteiger partial charge is 0.486 e. The van der Waals surface area contributed by atoms with Crippen molar-refractivity contribution in [2.45, 2.75) is 13.0 Å². The van der Waals surface area contributed by atoms with Crippen molar-refractivity contribution in [1.82, 2.24) is 0 Å². The van der Waals surface area contributed by atoms with E-state index in [0.29, 0.717) is 23.9 Å². The number of quaternary nitrogens is 1. The Hall–Kier alpha value is -0.290. The van der Waals surface area contributed by atoms with Crippen molar-refractivity contribution in [1.29, 1.82) is 0 Å². The van der Waals surface area contributed by atoms with Gasteiger partial charge in [0.05, 0.1) is 11.1 Å². The number of hydrogen-bond donors (Lipinski definition) is 2. The molecule has 0 aromatic heterocycles. The van der Waals surface area contributed by atoms with Crippen LogP contribution in [0.1, 0.15) is 6.92 Å². The first-order valence-electron chi connectivity index (χ1n) is 5.17. The van der Waals surface area contributed by atoms with E-state index in [9.17, 15) is 0 Å². The van der Waals surface area contributed by atoms with Crippen molar-refractivity contribution in [2.24, 2.45) is 0 Å². The van der Waals surface area contributed by atoms with Crippen molar-refractivity contribution in [2.75, 3.05) is 19.7 Å². The standard InChI is InChI=1S/C11H15BrClNO2/c1-8(15)7-14-4-5-16-11-3-2-9(12)6-10(11)13/h2-3,6,8,14-15H,4-5,7H2,1H3/p+1/t8-/m0/s1. The molecule has 1 aromatic rings. The summed E-state index contributed by atoms with van der Waals surface area (Å²) in [6, 6.07) is 5.53. The monoisotopic (exact) mass is 308 g/mol. The van der Waals surface area contributed by atoms with Gasteiger partial charge in [0.1, 0.15) is 25.4 Å². The molecule has 1 atom stereocenters. The second-order valence-electron chi connectivity index (χ2n) is 3.59. The summed E-state index contributed by atoms with van der Waals surface area (Å²) >= 11 is 9.32. The third-order valence-electron chi connectivity index (χ3n) is 1.98. The van der Waals surface area contributed by atoms with E-state index in [1.165, 1.54) is 0 Å². The Morgan fingerprint density at radius 2 is 2.31 bits per heavy atom. The zero-order valence-electron chi connectivity index (χ0n) is 9.12. The highest BCUT2D eigenvalue weighted by Gasteiger charge is 2.02. The molecular formula is C11H16BrClNO2+. The Bertz CT molecular complexity index is 334. The molecule has 3 N–H and O–H groups in total. The third-order valence-corrected chi connectivity index (χ3v) is 2.77. The average molecular weight is 310 g/mol. The molecule has 16 heavy (non-hydrogen) atoms. The second-order valence-corrected chi connectivity index (χ2v) is 4.91. The third kappa shape index (κ3) is 5.16. The summed E-state index contributed by atoms with van der Waals surface area (Å²) in [7, 11) is 0. The molecule has 90 valence electrons. The van der Waals surface area contributed by atoms with Gasteiger partial charge in [0.15, 0.2) is 0 Å². The predicted molar refractivity (Wildman–Crippen MR) is 68.0 cm³/mol. The van der Waals surface area contributed by atoms with E-state index in [2.05, 4.69) is 15.9 Å². The minimum absolute atomic E-state index is 0.281. The Kier molecular flexibility index (Phi) is 6.13. The van der Waals surface area contributed by atoms with Crippen molar-refractivity contribution in [3.8, 4) is 5.75 Å². The molecule has 0 bridgehead atoms. The van der Waals surface area contributed by atoms with Crippen LogP contribution in [0.3, 0.4) is 0 Å². The second kappa shape index (κ2) is 7.12. The molecule has 3 nitrogen and oxygen atoms in total. The zero-order valence-corrected chi connectivity index (χ0v) is 11.5. The number of hydrogen-bond acceptors (Lipinski definition) is 2. The van der Waals surface area contributed by atoms with Gasteiger partial charge >= 0.3 is 0 Å². The molecule has 0 aliphatic rings. The van der Waals surface area contributed by atoms with Crippen LogP contribution in [0.4, 0.5) is 0 Å². The molecule has 0 aliphatic carbocycles. The van der Waals surface area contributed by atoms with Crippen molar-refractivity contribution in [3.05, 3.63) is 27.7 Å². The topological polar surface area (TPSA) is 46.1 Å². The number of benzene rings is 1. The molecule has 0 fully saturated rings. The first-order valence-corrected chi connectivity index (χ1v) is 6.34. The first kappa shape index (κ1) is 13.8. The normalized spacial score (nSPS) is 12.5. The lowest BCUT2D eigenvalue weighted by Crippen LogP contribution is -2.87. The summed E-state index contributed by atoms with van der Waals surface area (Å²) in [5.74, 6) is 0.690. The molecule has 5 heteroatoms. The Labute approximate surface area is 109 Å². The lowest BCUT2D eigenvalue weighted by Gasteiger charge is -2.08. The van der Waals surface area contributed by atoms with Gasteiger partial charge in [-0.25, -0.2) is 0 Å². The van der Waals surface area contributed by atoms with E-state index in [4.69, 9.17) is 21.4 Å². The van der Waals surface area contributed by atoms with E-state index in [-0.39, 0.29) is 6.10 Å². The van der Waals surface area contributed by atoms with E-state index in [0.717, 1.165) is 11.0 Å². The van der Waals surface area contributed by atoms with E-state index in [1.54, 1.807) is 13.0 Å². The lowest BCUT2D eigenvalue weighted by atomic mass is 10.3. The number of aliphatic hydroxyl groups is 1. The fourth-order valence-corrected chi connectivity index (χ4v) is 1.93. The predicted octanol–water partition coefficient (Wildman–Crippen LogP) is 1.43. The van der Waals surface area contributed by atoms with Gasteiger partial charge in [-0.1, -0.05) is 27.5 Å². The van der Waals surface area contributed by atoms with Crippen molar-refractivity contribution in [3.63, 3.8) is 0 Å². The van der Waals surface area contributed by atoms with Gasteiger partial charge in [-0.05, 0) is 25.1 Å². The van der Waals surface area contributed by atoms with Gasteiger partial charge in [-0.3, -0.25) is 0 Å². The quantitative estimate of drug-likeness (QED) is 0.781. The van der Waals surface area contributed by atoms with Crippen LogP contribution < -0.4 is 10.1 Å². The number of halogens is 2. The summed E-state index contributed by atoms with van der Waals surface area (Å²) < 4.78 is 6.44. The van der Waals surface area contributed by atoms with Gasteiger partial charge in [-0.2, -0.15) is 0 Å². The molecule has 0 saturated carbocycles.